The lowest BCUT2D eigenvalue weighted by atomic mass is 9.62. The average molecular weight is 547 g/mol. The van der Waals surface area contributed by atoms with Crippen molar-refractivity contribution in [3.8, 4) is 0 Å². The minimum absolute atomic E-state index is 0.0433. The van der Waals surface area contributed by atoms with Crippen molar-refractivity contribution < 1.29 is 29.0 Å². The van der Waals surface area contributed by atoms with Crippen molar-refractivity contribution in [1.29, 1.82) is 0 Å². The van der Waals surface area contributed by atoms with Gasteiger partial charge in [-0.1, -0.05) is 26.0 Å². The summed E-state index contributed by atoms with van der Waals surface area (Å²) in [7, 11) is 1.70. The standard InChI is InChI=1S/C29H46N4O6/c1-7-10-30(6)25(35)22-23-26(36)33(21(9-3)19-34)24(29(23)18-20(4)28(22,5)39-29)27(37)32(11-8-2)13-12-31-14-16-38-17-15-31/h7-8,20-24,34H,1-2,9-19H2,3-6H3/t20?,21-,22-,23-,24?,28+,29?/m0/s1. The van der Waals surface area contributed by atoms with Gasteiger partial charge in [0.05, 0.1) is 43.3 Å². The Morgan fingerprint density at radius 1 is 1.21 bits per heavy atom. The molecule has 218 valence electrons. The number of carbonyl (C=O) groups is 3. The van der Waals surface area contributed by atoms with Crippen LogP contribution in [0.1, 0.15) is 33.6 Å². The number of hydrogen-bond donors (Lipinski definition) is 1. The SMILES string of the molecule is C=CCN(C)C(=O)[C@@H]1[C@H]2C(=O)N([C@@H](CC)CO)C(C(=O)N(CC=C)CCN3CCOCC3)C23CC(C)[C@@]1(C)O3. The first-order valence-electron chi connectivity index (χ1n) is 14.3. The predicted molar refractivity (Wildman–Crippen MR) is 147 cm³/mol. The van der Waals surface area contributed by atoms with Crippen LogP contribution < -0.4 is 0 Å². The van der Waals surface area contributed by atoms with Crippen LogP contribution in [0.15, 0.2) is 25.3 Å². The summed E-state index contributed by atoms with van der Waals surface area (Å²) in [5.41, 5.74) is -2.02. The molecule has 7 atom stereocenters. The number of hydrogen-bond acceptors (Lipinski definition) is 7. The van der Waals surface area contributed by atoms with E-state index in [-0.39, 0.29) is 30.2 Å². The van der Waals surface area contributed by atoms with E-state index in [4.69, 9.17) is 9.47 Å². The van der Waals surface area contributed by atoms with Crippen LogP contribution in [0.5, 0.6) is 0 Å². The number of morpholine rings is 1. The van der Waals surface area contributed by atoms with E-state index >= 15 is 0 Å². The van der Waals surface area contributed by atoms with Gasteiger partial charge in [0.25, 0.3) is 0 Å². The smallest absolute Gasteiger partial charge is 0.248 e. The maximum atomic E-state index is 14.5. The fourth-order valence-corrected chi connectivity index (χ4v) is 7.37. The zero-order chi connectivity index (χ0) is 28.5. The lowest BCUT2D eigenvalue weighted by Gasteiger charge is -2.40. The molecule has 0 aromatic carbocycles. The molecule has 0 aromatic rings. The van der Waals surface area contributed by atoms with E-state index in [9.17, 15) is 19.5 Å². The Kier molecular flexibility index (Phi) is 8.90. The van der Waals surface area contributed by atoms with E-state index in [0.717, 1.165) is 13.1 Å². The molecule has 1 N–H and O–H groups in total. The number of ether oxygens (including phenoxy) is 2. The third-order valence-corrected chi connectivity index (χ3v) is 9.56. The molecule has 0 saturated carbocycles. The van der Waals surface area contributed by atoms with Crippen molar-refractivity contribution in [3.05, 3.63) is 25.3 Å². The Hall–Kier alpha value is -2.27. The molecule has 0 aromatic heterocycles. The molecule has 4 fully saturated rings. The Labute approximate surface area is 232 Å². The van der Waals surface area contributed by atoms with E-state index in [2.05, 4.69) is 18.1 Å². The van der Waals surface area contributed by atoms with E-state index in [1.807, 2.05) is 20.8 Å². The summed E-state index contributed by atoms with van der Waals surface area (Å²) < 4.78 is 12.3. The van der Waals surface area contributed by atoms with Gasteiger partial charge < -0.3 is 29.3 Å². The molecule has 10 heteroatoms. The van der Waals surface area contributed by atoms with Crippen molar-refractivity contribution in [1.82, 2.24) is 19.6 Å². The molecule has 4 aliphatic rings. The first-order valence-corrected chi connectivity index (χ1v) is 14.3. The molecule has 4 saturated heterocycles. The number of amides is 3. The number of aliphatic hydroxyl groups is 1. The molecule has 4 rings (SSSR count). The zero-order valence-electron chi connectivity index (χ0n) is 24.0. The molecule has 4 aliphatic heterocycles. The topological polar surface area (TPSA) is 103 Å². The minimum atomic E-state index is -1.14. The Balaban J connectivity index is 1.74. The van der Waals surface area contributed by atoms with Crippen molar-refractivity contribution in [2.24, 2.45) is 17.8 Å². The molecule has 4 heterocycles. The van der Waals surface area contributed by atoms with Gasteiger partial charge in [-0.15, -0.1) is 13.2 Å². The van der Waals surface area contributed by atoms with E-state index in [1.54, 1.807) is 33.9 Å². The van der Waals surface area contributed by atoms with Gasteiger partial charge in [0.1, 0.15) is 11.6 Å². The number of aliphatic hydroxyl groups excluding tert-OH is 1. The Morgan fingerprint density at radius 3 is 2.46 bits per heavy atom. The highest BCUT2D eigenvalue weighted by molar-refractivity contribution is 5.99. The van der Waals surface area contributed by atoms with Gasteiger partial charge in [-0.3, -0.25) is 19.3 Å². The highest BCUT2D eigenvalue weighted by Gasteiger charge is 2.80. The summed E-state index contributed by atoms with van der Waals surface area (Å²) in [6.45, 7) is 18.0. The molecule has 39 heavy (non-hydrogen) atoms. The molecule has 3 unspecified atom stereocenters. The fraction of sp³-hybridized carbons (Fsp3) is 0.759. The highest BCUT2D eigenvalue weighted by atomic mass is 16.5. The van der Waals surface area contributed by atoms with Crippen LogP contribution in [0.3, 0.4) is 0 Å². The summed E-state index contributed by atoms with van der Waals surface area (Å²) in [4.78, 5) is 49.8. The van der Waals surface area contributed by atoms with Crippen molar-refractivity contribution in [2.45, 2.75) is 56.9 Å². The van der Waals surface area contributed by atoms with E-state index in [0.29, 0.717) is 52.2 Å². The van der Waals surface area contributed by atoms with Crippen molar-refractivity contribution in [3.63, 3.8) is 0 Å². The molecular formula is C29H46N4O6. The molecule has 0 aliphatic carbocycles. The van der Waals surface area contributed by atoms with Crippen LogP contribution in [0.25, 0.3) is 0 Å². The third-order valence-electron chi connectivity index (χ3n) is 9.56. The van der Waals surface area contributed by atoms with E-state index < -0.39 is 35.1 Å². The summed E-state index contributed by atoms with van der Waals surface area (Å²) in [5, 5.41) is 10.3. The van der Waals surface area contributed by atoms with Crippen LogP contribution in [0.4, 0.5) is 0 Å². The number of carbonyl (C=O) groups excluding carboxylic acids is 3. The van der Waals surface area contributed by atoms with Gasteiger partial charge in [0.15, 0.2) is 0 Å². The Morgan fingerprint density at radius 2 is 1.87 bits per heavy atom. The monoisotopic (exact) mass is 546 g/mol. The minimum Gasteiger partial charge on any atom is -0.394 e. The maximum Gasteiger partial charge on any atom is 0.248 e. The molecular weight excluding hydrogens is 500 g/mol. The number of nitrogens with zero attached hydrogens (tertiary/aromatic N) is 4. The lowest BCUT2D eigenvalue weighted by molar-refractivity contribution is -0.157. The molecule has 0 radical (unpaired) electrons. The third kappa shape index (κ3) is 4.83. The molecule has 10 nitrogen and oxygen atoms in total. The van der Waals surface area contributed by atoms with Gasteiger partial charge >= 0.3 is 0 Å². The van der Waals surface area contributed by atoms with Crippen LogP contribution in [0, 0.1) is 17.8 Å². The highest BCUT2D eigenvalue weighted by Crippen LogP contribution is 2.65. The van der Waals surface area contributed by atoms with Crippen LogP contribution in [-0.2, 0) is 23.9 Å². The zero-order valence-corrected chi connectivity index (χ0v) is 24.0. The lowest BCUT2D eigenvalue weighted by Crippen LogP contribution is -2.59. The van der Waals surface area contributed by atoms with Gasteiger partial charge in [0, 0.05) is 46.3 Å². The van der Waals surface area contributed by atoms with Crippen molar-refractivity contribution in [2.75, 3.05) is 66.1 Å². The molecule has 2 bridgehead atoms. The normalized spacial score (nSPS) is 34.6. The number of likely N-dealkylation sites (tertiary alicyclic amines) is 1. The Bertz CT molecular complexity index is 965. The number of likely N-dealkylation sites (N-methyl/N-ethyl adjacent to an activating group) is 1. The second kappa shape index (κ2) is 11.7. The maximum absolute atomic E-state index is 14.5. The van der Waals surface area contributed by atoms with E-state index in [1.165, 1.54) is 0 Å². The fourth-order valence-electron chi connectivity index (χ4n) is 7.37. The van der Waals surface area contributed by atoms with Crippen LogP contribution in [-0.4, -0.2) is 132 Å². The average Bonchev–Trinajstić information content (AvgIpc) is 3.44. The summed E-state index contributed by atoms with van der Waals surface area (Å²) in [6.07, 6.45) is 4.33. The van der Waals surface area contributed by atoms with Crippen LogP contribution in [0.2, 0.25) is 0 Å². The summed E-state index contributed by atoms with van der Waals surface area (Å²) in [6, 6.07) is -1.48. The number of rotatable bonds is 12. The summed E-state index contributed by atoms with van der Waals surface area (Å²) >= 11 is 0. The second-order valence-corrected chi connectivity index (χ2v) is 11.7. The van der Waals surface area contributed by atoms with Crippen molar-refractivity contribution >= 4 is 17.7 Å². The molecule has 1 spiro atoms. The van der Waals surface area contributed by atoms with Gasteiger partial charge in [0.2, 0.25) is 17.7 Å². The summed E-state index contributed by atoms with van der Waals surface area (Å²) in [5.74, 6) is -2.23. The molecule has 3 amide bonds. The van der Waals surface area contributed by atoms with Gasteiger partial charge in [-0.05, 0) is 25.7 Å². The first-order chi connectivity index (χ1) is 18.6. The van der Waals surface area contributed by atoms with Gasteiger partial charge in [-0.2, -0.15) is 0 Å². The quantitative estimate of drug-likeness (QED) is 0.361. The largest absolute Gasteiger partial charge is 0.394 e. The second-order valence-electron chi connectivity index (χ2n) is 11.7. The van der Waals surface area contributed by atoms with Gasteiger partial charge in [-0.25, -0.2) is 0 Å². The predicted octanol–water partition coefficient (Wildman–Crippen LogP) is 0.759. The number of fused-ring (bicyclic) bond motifs is 1. The first kappa shape index (κ1) is 29.7. The van der Waals surface area contributed by atoms with Crippen LogP contribution >= 0.6 is 0 Å².